The highest BCUT2D eigenvalue weighted by atomic mass is 127. The van der Waals surface area contributed by atoms with E-state index in [1.54, 1.807) is 0 Å². The van der Waals surface area contributed by atoms with Crippen LogP contribution in [-0.2, 0) is 13.5 Å². The Bertz CT molecular complexity index is 803. The van der Waals surface area contributed by atoms with Crippen LogP contribution in [0.5, 0.6) is 0 Å². The van der Waals surface area contributed by atoms with Crippen molar-refractivity contribution in [3.8, 4) is 0 Å². The van der Waals surface area contributed by atoms with Crippen LogP contribution in [0, 0.1) is 5.92 Å². The van der Waals surface area contributed by atoms with E-state index in [1.807, 2.05) is 29.7 Å². The van der Waals surface area contributed by atoms with Gasteiger partial charge in [-0.3, -0.25) is 9.67 Å². The first kappa shape index (κ1) is 22.5. The average molecular weight is 526 g/mol. The van der Waals surface area contributed by atoms with Crippen molar-refractivity contribution in [1.82, 2.24) is 20.0 Å². The van der Waals surface area contributed by atoms with Crippen LogP contribution >= 0.6 is 35.7 Å². The lowest BCUT2D eigenvalue weighted by atomic mass is 10.0. The van der Waals surface area contributed by atoms with Crippen molar-refractivity contribution in [2.24, 2.45) is 18.0 Å². The first-order valence-corrected chi connectivity index (χ1v) is 11.2. The number of hydrogen-bond acceptors (Lipinski definition) is 3. The summed E-state index contributed by atoms with van der Waals surface area (Å²) < 4.78 is 2.20. The Morgan fingerprint density at radius 1 is 1.31 bits per heavy atom. The molecule has 1 N–H and O–H groups in total. The second kappa shape index (κ2) is 10.2. The van der Waals surface area contributed by atoms with Gasteiger partial charge in [0.15, 0.2) is 5.96 Å². The molecule has 5 nitrogen and oxygen atoms in total. The Hall–Kier alpha value is -1.22. The van der Waals surface area contributed by atoms with Crippen molar-refractivity contribution < 1.29 is 0 Å². The molecule has 1 aliphatic carbocycles. The second-order valence-corrected chi connectivity index (χ2v) is 9.64. The molecule has 158 valence electrons. The fourth-order valence-corrected chi connectivity index (χ4v) is 5.15. The normalized spacial score (nSPS) is 20.4. The van der Waals surface area contributed by atoms with Crippen molar-refractivity contribution in [2.45, 2.75) is 42.2 Å². The SMILES string of the molecule is CCNC(=NCC1(Sc2ccccc2)CC1)N1CCC(Cc2cnn(C)c2)C1.I. The molecule has 4 rings (SSSR count). The Balaban J connectivity index is 0.00000240. The number of nitrogens with one attached hydrogen (secondary N) is 1. The first-order chi connectivity index (χ1) is 13.7. The van der Waals surface area contributed by atoms with E-state index in [0.717, 1.165) is 38.6 Å². The summed E-state index contributed by atoms with van der Waals surface area (Å²) in [5.74, 6) is 1.78. The van der Waals surface area contributed by atoms with Crippen LogP contribution < -0.4 is 5.32 Å². The van der Waals surface area contributed by atoms with Gasteiger partial charge >= 0.3 is 0 Å². The molecule has 1 unspecified atom stereocenters. The lowest BCUT2D eigenvalue weighted by molar-refractivity contribution is 0.460. The van der Waals surface area contributed by atoms with Gasteiger partial charge in [0.2, 0.25) is 0 Å². The number of benzene rings is 1. The van der Waals surface area contributed by atoms with Crippen LogP contribution in [0.1, 0.15) is 31.7 Å². The molecule has 1 aromatic carbocycles. The van der Waals surface area contributed by atoms with Crippen LogP contribution in [0.4, 0.5) is 0 Å². The summed E-state index contributed by atoms with van der Waals surface area (Å²) in [4.78, 5) is 8.88. The molecule has 0 spiro atoms. The predicted molar refractivity (Wildman–Crippen MR) is 132 cm³/mol. The zero-order valence-electron chi connectivity index (χ0n) is 17.4. The molecule has 29 heavy (non-hydrogen) atoms. The molecule has 1 aliphatic heterocycles. The molecule has 7 heteroatoms. The van der Waals surface area contributed by atoms with Crippen molar-refractivity contribution in [3.05, 3.63) is 48.3 Å². The Kier molecular flexibility index (Phi) is 7.90. The molecule has 1 saturated heterocycles. The number of aliphatic imine (C=N–C) groups is 1. The maximum atomic E-state index is 5.07. The molecule has 1 atom stereocenters. The maximum Gasteiger partial charge on any atom is 0.193 e. The number of hydrogen-bond donors (Lipinski definition) is 1. The third kappa shape index (κ3) is 6.13. The van der Waals surface area contributed by atoms with Crippen molar-refractivity contribution >= 4 is 41.7 Å². The lowest BCUT2D eigenvalue weighted by Crippen LogP contribution is -2.40. The minimum absolute atomic E-state index is 0. The zero-order valence-corrected chi connectivity index (χ0v) is 20.5. The van der Waals surface area contributed by atoms with Crippen LogP contribution in [0.25, 0.3) is 0 Å². The topological polar surface area (TPSA) is 45.5 Å². The number of nitrogens with zero attached hydrogens (tertiary/aromatic N) is 4. The standard InChI is InChI=1S/C22H31N5S.HI/c1-3-23-21(24-17-22(10-11-22)28-20-7-5-4-6-8-20)27-12-9-18(16-27)13-19-14-25-26(2)15-19;/h4-8,14-15,18H,3,9-13,16-17H2,1-2H3,(H,23,24);1H. The highest BCUT2D eigenvalue weighted by Gasteiger charge is 2.44. The van der Waals surface area contributed by atoms with Gasteiger partial charge in [-0.1, -0.05) is 18.2 Å². The monoisotopic (exact) mass is 525 g/mol. The van der Waals surface area contributed by atoms with Gasteiger partial charge in [0.1, 0.15) is 0 Å². The number of aromatic nitrogens is 2. The molecule has 2 aliphatic rings. The van der Waals surface area contributed by atoms with E-state index in [2.05, 4.69) is 58.8 Å². The van der Waals surface area contributed by atoms with Gasteiger partial charge in [-0.25, -0.2) is 0 Å². The third-order valence-corrected chi connectivity index (χ3v) is 7.08. The molecule has 2 fully saturated rings. The summed E-state index contributed by atoms with van der Waals surface area (Å²) in [7, 11) is 1.99. The predicted octanol–water partition coefficient (Wildman–Crippen LogP) is 4.19. The summed E-state index contributed by atoms with van der Waals surface area (Å²) >= 11 is 2.00. The van der Waals surface area contributed by atoms with E-state index in [0.29, 0.717) is 10.7 Å². The van der Waals surface area contributed by atoms with Gasteiger partial charge in [-0.2, -0.15) is 5.10 Å². The highest BCUT2D eigenvalue weighted by molar-refractivity contribution is 14.0. The smallest absolute Gasteiger partial charge is 0.193 e. The maximum absolute atomic E-state index is 5.07. The van der Waals surface area contributed by atoms with Crippen LogP contribution in [0.2, 0.25) is 0 Å². The Labute approximate surface area is 195 Å². The molecular formula is C22H32IN5S. The molecule has 1 saturated carbocycles. The second-order valence-electron chi connectivity index (χ2n) is 8.10. The number of guanidine groups is 1. The average Bonchev–Trinajstić information content (AvgIpc) is 3.09. The number of halogens is 1. The highest BCUT2D eigenvalue weighted by Crippen LogP contribution is 2.51. The molecule has 0 bridgehead atoms. The van der Waals surface area contributed by atoms with E-state index >= 15 is 0 Å². The van der Waals surface area contributed by atoms with Gasteiger partial charge in [-0.15, -0.1) is 35.7 Å². The fourth-order valence-electron chi connectivity index (χ4n) is 3.92. The van der Waals surface area contributed by atoms with Crippen molar-refractivity contribution in [1.29, 1.82) is 0 Å². The van der Waals surface area contributed by atoms with Gasteiger partial charge < -0.3 is 10.2 Å². The van der Waals surface area contributed by atoms with Gasteiger partial charge in [-0.05, 0) is 56.2 Å². The van der Waals surface area contributed by atoms with E-state index in [4.69, 9.17) is 4.99 Å². The lowest BCUT2D eigenvalue weighted by Gasteiger charge is -2.23. The van der Waals surface area contributed by atoms with Gasteiger partial charge in [0, 0.05) is 42.5 Å². The summed E-state index contributed by atoms with van der Waals surface area (Å²) in [6.07, 6.45) is 9.00. The van der Waals surface area contributed by atoms with E-state index in [-0.39, 0.29) is 24.0 Å². The fraction of sp³-hybridized carbons (Fsp3) is 0.545. The minimum Gasteiger partial charge on any atom is -0.357 e. The van der Waals surface area contributed by atoms with Gasteiger partial charge in [0.25, 0.3) is 0 Å². The first-order valence-electron chi connectivity index (χ1n) is 10.4. The molecular weight excluding hydrogens is 493 g/mol. The quantitative estimate of drug-likeness (QED) is 0.335. The largest absolute Gasteiger partial charge is 0.357 e. The van der Waals surface area contributed by atoms with Gasteiger partial charge in [0.05, 0.1) is 12.7 Å². The van der Waals surface area contributed by atoms with Crippen molar-refractivity contribution in [2.75, 3.05) is 26.2 Å². The Morgan fingerprint density at radius 2 is 2.10 bits per heavy atom. The van der Waals surface area contributed by atoms with Crippen LogP contribution in [0.15, 0.2) is 52.6 Å². The molecule has 0 radical (unpaired) electrons. The summed E-state index contributed by atoms with van der Waals surface area (Å²) in [6, 6.07) is 10.8. The molecule has 2 heterocycles. The number of thioether (sulfide) groups is 1. The van der Waals surface area contributed by atoms with Crippen molar-refractivity contribution in [3.63, 3.8) is 0 Å². The van der Waals surface area contributed by atoms with E-state index in [9.17, 15) is 0 Å². The number of rotatable bonds is 7. The molecule has 2 aromatic rings. The summed E-state index contributed by atoms with van der Waals surface area (Å²) in [5.41, 5.74) is 1.34. The van der Waals surface area contributed by atoms with Crippen LogP contribution in [0.3, 0.4) is 0 Å². The molecule has 1 aromatic heterocycles. The summed E-state index contributed by atoms with van der Waals surface area (Å²) in [6.45, 7) is 6.15. The number of likely N-dealkylation sites (tertiary alicyclic amines) is 1. The Morgan fingerprint density at radius 3 is 2.76 bits per heavy atom. The zero-order chi connectivity index (χ0) is 19.4. The summed E-state index contributed by atoms with van der Waals surface area (Å²) in [5, 5.41) is 7.83. The molecule has 0 amide bonds. The van der Waals surface area contributed by atoms with E-state index in [1.165, 1.54) is 29.7 Å². The van der Waals surface area contributed by atoms with Crippen LogP contribution in [-0.4, -0.2) is 51.6 Å². The minimum atomic E-state index is 0. The third-order valence-electron chi connectivity index (χ3n) is 5.61. The number of aryl methyl sites for hydroxylation is 1. The van der Waals surface area contributed by atoms with E-state index < -0.39 is 0 Å².